The smallest absolute Gasteiger partial charge is 0.254 e. The Morgan fingerprint density at radius 2 is 1.67 bits per heavy atom. The Morgan fingerprint density at radius 3 is 2.29 bits per heavy atom. The van der Waals surface area contributed by atoms with Gasteiger partial charge in [-0.25, -0.2) is 0 Å². The third-order valence-electron chi connectivity index (χ3n) is 3.74. The first-order valence-electron chi connectivity index (χ1n) is 7.29. The van der Waals surface area contributed by atoms with Crippen molar-refractivity contribution >= 4 is 5.91 Å². The molecule has 0 bridgehead atoms. The molecule has 0 unspecified atom stereocenters. The lowest BCUT2D eigenvalue weighted by Crippen LogP contribution is -2.31. The van der Waals surface area contributed by atoms with Crippen LogP contribution in [0.2, 0.25) is 0 Å². The summed E-state index contributed by atoms with van der Waals surface area (Å²) in [6, 6.07) is 15.7. The molecule has 0 aliphatic carbocycles. The summed E-state index contributed by atoms with van der Waals surface area (Å²) in [5.74, 6) is 0.0717. The van der Waals surface area contributed by atoms with Crippen LogP contribution in [-0.4, -0.2) is 17.4 Å². The fourth-order valence-corrected chi connectivity index (χ4v) is 2.43. The molecule has 2 rings (SSSR count). The van der Waals surface area contributed by atoms with E-state index in [1.807, 2.05) is 67.3 Å². The molecule has 0 aliphatic heterocycles. The second-order valence-electron chi connectivity index (χ2n) is 5.11. The van der Waals surface area contributed by atoms with E-state index in [0.717, 1.165) is 22.3 Å². The van der Waals surface area contributed by atoms with Crippen LogP contribution in [0, 0.1) is 6.92 Å². The zero-order valence-electron chi connectivity index (χ0n) is 12.7. The van der Waals surface area contributed by atoms with Crippen LogP contribution in [0.25, 0.3) is 0 Å². The molecule has 0 spiro atoms. The summed E-state index contributed by atoms with van der Waals surface area (Å²) in [4.78, 5) is 14.6. The van der Waals surface area contributed by atoms with Crippen molar-refractivity contribution in [2.24, 2.45) is 5.73 Å². The summed E-state index contributed by atoms with van der Waals surface area (Å²) in [6.45, 7) is 5.73. The molecule has 0 fully saturated rings. The first-order valence-corrected chi connectivity index (χ1v) is 7.29. The van der Waals surface area contributed by atoms with Crippen molar-refractivity contribution in [3.63, 3.8) is 0 Å². The van der Waals surface area contributed by atoms with Gasteiger partial charge in [0.25, 0.3) is 5.91 Å². The van der Waals surface area contributed by atoms with Gasteiger partial charge in [-0.3, -0.25) is 4.79 Å². The van der Waals surface area contributed by atoms with Crippen LogP contribution >= 0.6 is 0 Å². The fraction of sp³-hybridized carbons (Fsp3) is 0.278. The summed E-state index contributed by atoms with van der Waals surface area (Å²) in [6.07, 6.45) is 0. The Hall–Kier alpha value is -2.13. The van der Waals surface area contributed by atoms with Gasteiger partial charge in [-0.2, -0.15) is 0 Å². The predicted octanol–water partition coefficient (Wildman–Crippen LogP) is 3.12. The van der Waals surface area contributed by atoms with Crippen molar-refractivity contribution in [2.45, 2.75) is 26.9 Å². The molecule has 2 N–H and O–H groups in total. The minimum Gasteiger partial charge on any atom is -0.335 e. The van der Waals surface area contributed by atoms with E-state index in [9.17, 15) is 4.79 Å². The van der Waals surface area contributed by atoms with Gasteiger partial charge in [-0.1, -0.05) is 42.5 Å². The van der Waals surface area contributed by atoms with Crippen LogP contribution in [0.1, 0.15) is 34.0 Å². The maximum Gasteiger partial charge on any atom is 0.254 e. The highest BCUT2D eigenvalue weighted by atomic mass is 16.2. The van der Waals surface area contributed by atoms with Crippen molar-refractivity contribution in [3.05, 3.63) is 70.8 Å². The van der Waals surface area contributed by atoms with E-state index in [2.05, 4.69) is 0 Å². The molecule has 3 heteroatoms. The fourth-order valence-electron chi connectivity index (χ4n) is 2.43. The van der Waals surface area contributed by atoms with Crippen molar-refractivity contribution in [2.75, 3.05) is 6.54 Å². The maximum absolute atomic E-state index is 12.7. The topological polar surface area (TPSA) is 46.3 Å². The van der Waals surface area contributed by atoms with E-state index in [-0.39, 0.29) is 5.91 Å². The minimum atomic E-state index is 0.0717. The van der Waals surface area contributed by atoms with E-state index < -0.39 is 0 Å². The zero-order valence-corrected chi connectivity index (χ0v) is 12.7. The molecule has 0 aliphatic rings. The van der Waals surface area contributed by atoms with Gasteiger partial charge in [0.1, 0.15) is 0 Å². The number of rotatable bonds is 5. The molecular formula is C18H22N2O. The van der Waals surface area contributed by atoms with Crippen LogP contribution < -0.4 is 5.73 Å². The number of benzene rings is 2. The SMILES string of the molecule is CCN(Cc1ccccc1CN)C(=O)c1ccccc1C. The number of carbonyl (C=O) groups is 1. The number of hydrogen-bond acceptors (Lipinski definition) is 2. The van der Waals surface area contributed by atoms with Gasteiger partial charge < -0.3 is 10.6 Å². The number of aryl methyl sites for hydroxylation is 1. The highest BCUT2D eigenvalue weighted by Crippen LogP contribution is 2.15. The van der Waals surface area contributed by atoms with Crippen molar-refractivity contribution in [1.82, 2.24) is 4.90 Å². The standard InChI is InChI=1S/C18H22N2O/c1-3-20(13-16-10-6-5-9-15(16)12-19)18(21)17-11-7-4-8-14(17)2/h4-11H,3,12-13,19H2,1-2H3. The van der Waals surface area contributed by atoms with Crippen LogP contribution in [0.4, 0.5) is 0 Å². The lowest BCUT2D eigenvalue weighted by atomic mass is 10.0. The third-order valence-corrected chi connectivity index (χ3v) is 3.74. The van der Waals surface area contributed by atoms with Crippen molar-refractivity contribution in [1.29, 1.82) is 0 Å². The molecule has 2 aromatic carbocycles. The van der Waals surface area contributed by atoms with Gasteiger partial charge in [0.15, 0.2) is 0 Å². The zero-order chi connectivity index (χ0) is 15.2. The van der Waals surface area contributed by atoms with E-state index in [4.69, 9.17) is 5.73 Å². The number of hydrogen-bond donors (Lipinski definition) is 1. The molecule has 21 heavy (non-hydrogen) atoms. The van der Waals surface area contributed by atoms with Gasteiger partial charge >= 0.3 is 0 Å². The monoisotopic (exact) mass is 282 g/mol. The highest BCUT2D eigenvalue weighted by Gasteiger charge is 2.17. The number of nitrogens with zero attached hydrogens (tertiary/aromatic N) is 1. The Balaban J connectivity index is 2.24. The van der Waals surface area contributed by atoms with Crippen molar-refractivity contribution < 1.29 is 4.79 Å². The summed E-state index contributed by atoms with van der Waals surface area (Å²) in [7, 11) is 0. The number of nitrogens with two attached hydrogens (primary N) is 1. The molecule has 0 radical (unpaired) electrons. The maximum atomic E-state index is 12.7. The molecule has 0 aromatic heterocycles. The average Bonchev–Trinajstić information content (AvgIpc) is 2.52. The minimum absolute atomic E-state index is 0.0717. The molecule has 0 saturated carbocycles. The Kier molecular flexibility index (Phi) is 5.12. The predicted molar refractivity (Wildman–Crippen MR) is 85.9 cm³/mol. The lowest BCUT2D eigenvalue weighted by molar-refractivity contribution is 0.0751. The average molecular weight is 282 g/mol. The van der Waals surface area contributed by atoms with E-state index in [1.165, 1.54) is 0 Å². The number of carbonyl (C=O) groups excluding carboxylic acids is 1. The Morgan fingerprint density at radius 1 is 1.05 bits per heavy atom. The molecule has 2 aromatic rings. The van der Waals surface area contributed by atoms with Crippen LogP contribution in [0.3, 0.4) is 0 Å². The molecule has 110 valence electrons. The summed E-state index contributed by atoms with van der Waals surface area (Å²) >= 11 is 0. The molecular weight excluding hydrogens is 260 g/mol. The summed E-state index contributed by atoms with van der Waals surface area (Å²) < 4.78 is 0. The van der Waals surface area contributed by atoms with Gasteiger partial charge in [-0.15, -0.1) is 0 Å². The molecule has 0 atom stereocenters. The highest BCUT2D eigenvalue weighted by molar-refractivity contribution is 5.95. The summed E-state index contributed by atoms with van der Waals surface area (Å²) in [5, 5.41) is 0. The van der Waals surface area contributed by atoms with Gasteiger partial charge in [0, 0.05) is 25.2 Å². The second-order valence-corrected chi connectivity index (χ2v) is 5.11. The third kappa shape index (κ3) is 3.50. The van der Waals surface area contributed by atoms with Crippen LogP contribution in [0.15, 0.2) is 48.5 Å². The van der Waals surface area contributed by atoms with E-state index >= 15 is 0 Å². The lowest BCUT2D eigenvalue weighted by Gasteiger charge is -2.23. The van der Waals surface area contributed by atoms with Gasteiger partial charge in [0.05, 0.1) is 0 Å². The van der Waals surface area contributed by atoms with Crippen LogP contribution in [-0.2, 0) is 13.1 Å². The van der Waals surface area contributed by atoms with E-state index in [1.54, 1.807) is 0 Å². The normalized spacial score (nSPS) is 10.4. The first-order chi connectivity index (χ1) is 10.2. The van der Waals surface area contributed by atoms with E-state index in [0.29, 0.717) is 19.6 Å². The summed E-state index contributed by atoms with van der Waals surface area (Å²) in [5.41, 5.74) is 9.76. The molecule has 1 amide bonds. The Bertz CT molecular complexity index is 622. The number of amides is 1. The molecule has 0 saturated heterocycles. The molecule has 3 nitrogen and oxygen atoms in total. The molecule has 0 heterocycles. The van der Waals surface area contributed by atoms with Crippen LogP contribution in [0.5, 0.6) is 0 Å². The first kappa shape index (κ1) is 15.3. The largest absolute Gasteiger partial charge is 0.335 e. The van der Waals surface area contributed by atoms with Crippen molar-refractivity contribution in [3.8, 4) is 0 Å². The Labute approximate surface area is 126 Å². The second kappa shape index (κ2) is 7.04. The quantitative estimate of drug-likeness (QED) is 0.916. The van der Waals surface area contributed by atoms with Gasteiger partial charge in [-0.05, 0) is 36.6 Å². The van der Waals surface area contributed by atoms with Gasteiger partial charge in [0.2, 0.25) is 0 Å².